The van der Waals surface area contributed by atoms with Gasteiger partial charge in [0.25, 0.3) is 5.76 Å². The smallest absolute Gasteiger partial charge is 0.375 e. The van der Waals surface area contributed by atoms with Gasteiger partial charge in [-0.15, -0.1) is 0 Å². The van der Waals surface area contributed by atoms with Crippen molar-refractivity contribution < 1.29 is 19.1 Å². The van der Waals surface area contributed by atoms with Gasteiger partial charge in [0.05, 0.1) is 6.54 Å². The summed E-state index contributed by atoms with van der Waals surface area (Å²) in [7, 11) is 0. The Hall–Kier alpha value is -1.65. The summed E-state index contributed by atoms with van der Waals surface area (Å²) in [4.78, 5) is 11.0. The van der Waals surface area contributed by atoms with Gasteiger partial charge >= 0.3 is 5.97 Å². The monoisotopic (exact) mass is 251 g/mol. The minimum atomic E-state index is -1.08. The highest BCUT2D eigenvalue weighted by molar-refractivity contribution is 5.90. The fraction of sp³-hybridized carbons (Fsp3) is 0.615. The molecule has 0 bridgehead atoms. The van der Waals surface area contributed by atoms with E-state index in [2.05, 4.69) is 5.32 Å². The number of carbonyl (C=O) groups is 1. The van der Waals surface area contributed by atoms with Crippen LogP contribution >= 0.6 is 0 Å². The second kappa shape index (κ2) is 4.55. The minimum absolute atomic E-state index is 0.0634. The van der Waals surface area contributed by atoms with Crippen molar-refractivity contribution in [2.24, 2.45) is 5.92 Å². The number of rotatable bonds is 2. The van der Waals surface area contributed by atoms with Crippen LogP contribution < -0.4 is 10.1 Å². The largest absolute Gasteiger partial charge is 0.482 e. The Morgan fingerprint density at radius 1 is 1.33 bits per heavy atom. The Labute approximate surface area is 105 Å². The SMILES string of the molecule is O=C(O)c1occ2c1OC(C1CCCCC1)CN2. The van der Waals surface area contributed by atoms with Crippen LogP contribution in [-0.4, -0.2) is 23.7 Å². The summed E-state index contributed by atoms with van der Waals surface area (Å²) >= 11 is 0. The van der Waals surface area contributed by atoms with Crippen LogP contribution in [-0.2, 0) is 0 Å². The zero-order valence-corrected chi connectivity index (χ0v) is 10.1. The van der Waals surface area contributed by atoms with Gasteiger partial charge in [0, 0.05) is 0 Å². The molecule has 2 N–H and O–H groups in total. The number of nitrogens with one attached hydrogen (secondary N) is 1. The highest BCUT2D eigenvalue weighted by Crippen LogP contribution is 2.38. The van der Waals surface area contributed by atoms with Crippen LogP contribution in [0.5, 0.6) is 5.75 Å². The number of carboxylic acids is 1. The standard InChI is InChI=1S/C13H17NO4/c15-13(16)12-11-9(7-17-12)14-6-10(18-11)8-4-2-1-3-5-8/h7-8,10,14H,1-6H2,(H,15,16). The quantitative estimate of drug-likeness (QED) is 0.845. The van der Waals surface area contributed by atoms with Crippen LogP contribution in [0.25, 0.3) is 0 Å². The van der Waals surface area contributed by atoms with Crippen molar-refractivity contribution in [3.63, 3.8) is 0 Å². The summed E-state index contributed by atoms with van der Waals surface area (Å²) in [5, 5.41) is 12.2. The third-order valence-corrected chi connectivity index (χ3v) is 3.88. The third-order valence-electron chi connectivity index (χ3n) is 3.88. The zero-order valence-electron chi connectivity index (χ0n) is 10.1. The highest BCUT2D eigenvalue weighted by atomic mass is 16.5. The molecule has 0 amide bonds. The van der Waals surface area contributed by atoms with Crippen molar-refractivity contribution in [3.8, 4) is 5.75 Å². The van der Waals surface area contributed by atoms with E-state index in [1.165, 1.54) is 38.4 Å². The molecular formula is C13H17NO4. The fourth-order valence-corrected chi connectivity index (χ4v) is 2.91. The topological polar surface area (TPSA) is 71.7 Å². The van der Waals surface area contributed by atoms with E-state index in [4.69, 9.17) is 14.3 Å². The van der Waals surface area contributed by atoms with Crippen molar-refractivity contribution in [1.29, 1.82) is 0 Å². The second-order valence-electron chi connectivity index (χ2n) is 5.05. The number of carboxylic acid groups (broad SMARTS) is 1. The number of furan rings is 1. The maximum absolute atomic E-state index is 11.0. The van der Waals surface area contributed by atoms with Crippen molar-refractivity contribution in [2.75, 3.05) is 11.9 Å². The molecule has 1 fully saturated rings. The molecule has 1 aliphatic carbocycles. The van der Waals surface area contributed by atoms with E-state index in [0.29, 0.717) is 17.4 Å². The van der Waals surface area contributed by atoms with Crippen LogP contribution in [0.3, 0.4) is 0 Å². The number of hydrogen-bond acceptors (Lipinski definition) is 4. The van der Waals surface area contributed by atoms with Crippen molar-refractivity contribution in [3.05, 3.63) is 12.0 Å². The molecule has 2 heterocycles. The Kier molecular flexibility index (Phi) is 2.89. The first-order valence-corrected chi connectivity index (χ1v) is 6.51. The van der Waals surface area contributed by atoms with E-state index < -0.39 is 5.97 Å². The van der Waals surface area contributed by atoms with Crippen LogP contribution in [0, 0.1) is 5.92 Å². The summed E-state index contributed by atoms with van der Waals surface area (Å²) < 4.78 is 10.9. The molecule has 0 aromatic carbocycles. The third kappa shape index (κ3) is 1.94. The molecule has 1 unspecified atom stereocenters. The Morgan fingerprint density at radius 3 is 2.83 bits per heavy atom. The molecule has 0 saturated heterocycles. The first kappa shape index (κ1) is 11.4. The lowest BCUT2D eigenvalue weighted by Crippen LogP contribution is -2.38. The van der Waals surface area contributed by atoms with Crippen molar-refractivity contribution in [1.82, 2.24) is 0 Å². The number of fused-ring (bicyclic) bond motifs is 1. The average molecular weight is 251 g/mol. The molecule has 5 nitrogen and oxygen atoms in total. The Morgan fingerprint density at radius 2 is 2.11 bits per heavy atom. The summed E-state index contributed by atoms with van der Waals surface area (Å²) in [6, 6.07) is 0. The molecule has 98 valence electrons. The van der Waals surface area contributed by atoms with E-state index in [-0.39, 0.29) is 11.9 Å². The lowest BCUT2D eigenvalue weighted by atomic mass is 9.85. The zero-order chi connectivity index (χ0) is 12.5. The number of aromatic carboxylic acids is 1. The highest BCUT2D eigenvalue weighted by Gasteiger charge is 2.33. The lowest BCUT2D eigenvalue weighted by molar-refractivity contribution is 0.0639. The summed E-state index contributed by atoms with van der Waals surface area (Å²) in [6.45, 7) is 0.732. The predicted octanol–water partition coefficient (Wildman–Crippen LogP) is 2.73. The van der Waals surface area contributed by atoms with Gasteiger partial charge in [0.15, 0.2) is 5.75 Å². The minimum Gasteiger partial charge on any atom is -0.482 e. The molecule has 3 rings (SSSR count). The van der Waals surface area contributed by atoms with E-state index >= 15 is 0 Å². The Bertz CT molecular complexity index is 448. The van der Waals surface area contributed by atoms with Gasteiger partial charge < -0.3 is 19.6 Å². The van der Waals surface area contributed by atoms with E-state index in [0.717, 1.165) is 6.54 Å². The number of hydrogen-bond donors (Lipinski definition) is 2. The first-order valence-electron chi connectivity index (χ1n) is 6.51. The molecule has 5 heteroatoms. The van der Waals surface area contributed by atoms with Gasteiger partial charge in [-0.2, -0.15) is 0 Å². The average Bonchev–Trinajstić information content (AvgIpc) is 2.82. The lowest BCUT2D eigenvalue weighted by Gasteiger charge is -2.33. The maximum Gasteiger partial charge on any atom is 0.375 e. The molecule has 1 aromatic rings. The van der Waals surface area contributed by atoms with E-state index in [9.17, 15) is 4.79 Å². The predicted molar refractivity (Wildman–Crippen MR) is 65.1 cm³/mol. The van der Waals surface area contributed by atoms with Gasteiger partial charge in [-0.3, -0.25) is 0 Å². The van der Waals surface area contributed by atoms with Crippen LogP contribution in [0.2, 0.25) is 0 Å². The van der Waals surface area contributed by atoms with Crippen LogP contribution in [0.15, 0.2) is 10.7 Å². The maximum atomic E-state index is 11.0. The van der Waals surface area contributed by atoms with E-state index in [1.807, 2.05) is 0 Å². The van der Waals surface area contributed by atoms with Gasteiger partial charge in [-0.05, 0) is 18.8 Å². The number of ether oxygens (including phenoxy) is 1. The van der Waals surface area contributed by atoms with Crippen molar-refractivity contribution in [2.45, 2.75) is 38.2 Å². The molecule has 0 radical (unpaired) electrons. The molecule has 0 spiro atoms. The van der Waals surface area contributed by atoms with Gasteiger partial charge in [-0.25, -0.2) is 4.79 Å². The molecule has 2 aliphatic rings. The molecule has 1 aromatic heterocycles. The molecular weight excluding hydrogens is 234 g/mol. The van der Waals surface area contributed by atoms with Gasteiger partial charge in [-0.1, -0.05) is 19.3 Å². The summed E-state index contributed by atoms with van der Waals surface area (Å²) in [5.41, 5.74) is 0.652. The van der Waals surface area contributed by atoms with Crippen molar-refractivity contribution >= 4 is 11.7 Å². The molecule has 1 atom stereocenters. The van der Waals surface area contributed by atoms with E-state index in [1.54, 1.807) is 0 Å². The van der Waals surface area contributed by atoms with Crippen LogP contribution in [0.4, 0.5) is 5.69 Å². The first-order chi connectivity index (χ1) is 8.75. The van der Waals surface area contributed by atoms with Crippen LogP contribution in [0.1, 0.15) is 42.7 Å². The van der Waals surface area contributed by atoms with Gasteiger partial charge in [0.1, 0.15) is 18.1 Å². The fourth-order valence-electron chi connectivity index (χ4n) is 2.91. The summed E-state index contributed by atoms with van der Waals surface area (Å²) in [5.74, 6) is -0.291. The summed E-state index contributed by atoms with van der Waals surface area (Å²) in [6.07, 6.45) is 7.60. The molecule has 1 aliphatic heterocycles. The Balaban J connectivity index is 1.78. The normalized spacial score (nSPS) is 23.9. The van der Waals surface area contributed by atoms with Gasteiger partial charge in [0.2, 0.25) is 0 Å². The second-order valence-corrected chi connectivity index (χ2v) is 5.05. The molecule has 1 saturated carbocycles. The molecule has 18 heavy (non-hydrogen) atoms. The number of anilines is 1.